The Bertz CT molecular complexity index is 1140. The normalized spacial score (nSPS) is 20.1. The van der Waals surface area contributed by atoms with Crippen molar-refractivity contribution < 1.29 is 28.7 Å². The summed E-state index contributed by atoms with van der Waals surface area (Å²) in [5.41, 5.74) is 0.508. The number of methoxy groups -OCH3 is 1. The summed E-state index contributed by atoms with van der Waals surface area (Å²) < 4.78 is 11.1. The van der Waals surface area contributed by atoms with E-state index in [9.17, 15) is 24.4 Å². The summed E-state index contributed by atoms with van der Waals surface area (Å²) >= 11 is 0. The van der Waals surface area contributed by atoms with E-state index in [1.165, 1.54) is 12.0 Å². The first kappa shape index (κ1) is 29.9. The predicted molar refractivity (Wildman–Crippen MR) is 145 cm³/mol. The Morgan fingerprint density at radius 3 is 2.54 bits per heavy atom. The standard InChI is InChI=1S/C29H40N4O6/c1-17(2)12-19(27(36)32-20(16-30)13-18-10-11-31-26(18)35)14-24(34)23-15-21-22(8-7-9-25(21)38-6)33(23)28(37)39-29(3,4)5/h7-9,17-20,23H,10-15H2,1-6H3,(H,31,35)(H,32,36)/t18-,19+,20-,23?/m0/s1. The smallest absolute Gasteiger partial charge is 0.415 e. The van der Waals surface area contributed by atoms with Gasteiger partial charge in [0.05, 0.1) is 18.9 Å². The Kier molecular flexibility index (Phi) is 9.59. The topological polar surface area (TPSA) is 138 Å². The van der Waals surface area contributed by atoms with E-state index in [1.807, 2.05) is 13.8 Å². The number of nitrogens with zero attached hydrogens (tertiary/aromatic N) is 2. The van der Waals surface area contributed by atoms with Gasteiger partial charge in [0.2, 0.25) is 11.8 Å². The average Bonchev–Trinajstić information content (AvgIpc) is 3.44. The lowest BCUT2D eigenvalue weighted by molar-refractivity contribution is -0.131. The van der Waals surface area contributed by atoms with Crippen molar-refractivity contribution in [3.05, 3.63) is 23.8 Å². The molecule has 4 atom stereocenters. The van der Waals surface area contributed by atoms with Gasteiger partial charge in [-0.2, -0.15) is 5.26 Å². The molecule has 2 aliphatic heterocycles. The second-order valence-electron chi connectivity index (χ2n) is 11.7. The van der Waals surface area contributed by atoms with Gasteiger partial charge in [0, 0.05) is 36.8 Å². The summed E-state index contributed by atoms with van der Waals surface area (Å²) in [6.07, 6.45) is 0.761. The first-order chi connectivity index (χ1) is 18.3. The van der Waals surface area contributed by atoms with Gasteiger partial charge in [-0.05, 0) is 58.1 Å². The molecule has 39 heavy (non-hydrogen) atoms. The number of fused-ring (bicyclic) bond motifs is 1. The number of hydrogen-bond donors (Lipinski definition) is 2. The summed E-state index contributed by atoms with van der Waals surface area (Å²) in [6, 6.07) is 5.67. The van der Waals surface area contributed by atoms with Crippen LogP contribution in [0.5, 0.6) is 5.75 Å². The number of rotatable bonds is 10. The van der Waals surface area contributed by atoms with Gasteiger partial charge < -0.3 is 20.1 Å². The van der Waals surface area contributed by atoms with Crippen molar-refractivity contribution in [1.82, 2.24) is 10.6 Å². The van der Waals surface area contributed by atoms with Crippen LogP contribution in [0.2, 0.25) is 0 Å². The number of Topliss-reactive ketones (excluding diaryl/α,β-unsaturated/α-hetero) is 1. The van der Waals surface area contributed by atoms with Crippen LogP contribution >= 0.6 is 0 Å². The molecule has 3 rings (SSSR count). The minimum absolute atomic E-state index is 0.105. The molecule has 1 aromatic carbocycles. The van der Waals surface area contributed by atoms with Gasteiger partial charge in [-0.15, -0.1) is 0 Å². The number of benzene rings is 1. The Morgan fingerprint density at radius 1 is 1.26 bits per heavy atom. The van der Waals surface area contributed by atoms with E-state index in [2.05, 4.69) is 16.7 Å². The van der Waals surface area contributed by atoms with Gasteiger partial charge in [0.25, 0.3) is 0 Å². The third-order valence-electron chi connectivity index (χ3n) is 6.99. The summed E-state index contributed by atoms with van der Waals surface area (Å²) in [6.45, 7) is 9.75. The minimum Gasteiger partial charge on any atom is -0.496 e. The van der Waals surface area contributed by atoms with Crippen LogP contribution < -0.4 is 20.3 Å². The Hall–Kier alpha value is -3.61. The van der Waals surface area contributed by atoms with Crippen LogP contribution in [0.15, 0.2) is 18.2 Å². The summed E-state index contributed by atoms with van der Waals surface area (Å²) in [5.74, 6) is -1.14. The summed E-state index contributed by atoms with van der Waals surface area (Å²) in [7, 11) is 1.53. The van der Waals surface area contributed by atoms with Gasteiger partial charge in [-0.25, -0.2) is 4.79 Å². The zero-order valence-corrected chi connectivity index (χ0v) is 23.7. The molecule has 0 spiro atoms. The molecule has 0 bridgehead atoms. The quantitative estimate of drug-likeness (QED) is 0.463. The van der Waals surface area contributed by atoms with Gasteiger partial charge in [-0.3, -0.25) is 19.3 Å². The molecule has 10 heteroatoms. The molecule has 212 valence electrons. The van der Waals surface area contributed by atoms with Crippen LogP contribution in [0.25, 0.3) is 0 Å². The molecule has 2 aliphatic rings. The van der Waals surface area contributed by atoms with Crippen molar-refractivity contribution in [3.8, 4) is 11.8 Å². The second-order valence-corrected chi connectivity index (χ2v) is 11.7. The Morgan fingerprint density at radius 2 is 1.97 bits per heavy atom. The molecule has 1 saturated heterocycles. The zero-order chi connectivity index (χ0) is 28.9. The molecule has 0 aromatic heterocycles. The number of hydrogen-bond acceptors (Lipinski definition) is 7. The maximum Gasteiger partial charge on any atom is 0.415 e. The number of carbonyl (C=O) groups is 4. The molecule has 0 aliphatic carbocycles. The lowest BCUT2D eigenvalue weighted by atomic mass is 9.88. The van der Waals surface area contributed by atoms with Gasteiger partial charge in [0.1, 0.15) is 23.4 Å². The van der Waals surface area contributed by atoms with Gasteiger partial charge in [-0.1, -0.05) is 19.9 Å². The highest BCUT2D eigenvalue weighted by Crippen LogP contribution is 2.40. The van der Waals surface area contributed by atoms with Crippen LogP contribution in [0.4, 0.5) is 10.5 Å². The SMILES string of the molecule is COc1cccc2c1CC(C(=O)C[C@@H](CC(C)C)C(=O)N[C@H](C#N)C[C@@H]1CCNC1=O)N2C(=O)OC(C)(C)C. The number of nitriles is 1. The van der Waals surface area contributed by atoms with E-state index < -0.39 is 35.6 Å². The number of nitrogens with one attached hydrogen (secondary N) is 2. The minimum atomic E-state index is -0.859. The van der Waals surface area contributed by atoms with E-state index in [-0.39, 0.29) is 42.8 Å². The van der Waals surface area contributed by atoms with Crippen LogP contribution in [-0.2, 0) is 25.5 Å². The fourth-order valence-electron chi connectivity index (χ4n) is 5.24. The monoisotopic (exact) mass is 540 g/mol. The summed E-state index contributed by atoms with van der Waals surface area (Å²) in [4.78, 5) is 53.7. The third kappa shape index (κ3) is 7.49. The largest absolute Gasteiger partial charge is 0.496 e. The lowest BCUT2D eigenvalue weighted by Gasteiger charge is -2.29. The molecule has 1 unspecified atom stereocenters. The van der Waals surface area contributed by atoms with E-state index >= 15 is 0 Å². The van der Waals surface area contributed by atoms with E-state index in [4.69, 9.17) is 9.47 Å². The number of ketones is 1. The van der Waals surface area contributed by atoms with E-state index in [0.717, 1.165) is 5.56 Å². The van der Waals surface area contributed by atoms with Crippen molar-refractivity contribution in [1.29, 1.82) is 5.26 Å². The van der Waals surface area contributed by atoms with Crippen molar-refractivity contribution in [2.24, 2.45) is 17.8 Å². The first-order valence-electron chi connectivity index (χ1n) is 13.5. The number of carbonyl (C=O) groups excluding carboxylic acids is 4. The fraction of sp³-hybridized carbons (Fsp3) is 0.621. The number of amides is 3. The molecular weight excluding hydrogens is 500 g/mol. The van der Waals surface area contributed by atoms with Crippen molar-refractivity contribution in [2.75, 3.05) is 18.6 Å². The highest BCUT2D eigenvalue weighted by molar-refractivity contribution is 6.03. The fourth-order valence-corrected chi connectivity index (χ4v) is 5.24. The van der Waals surface area contributed by atoms with E-state index in [1.54, 1.807) is 39.0 Å². The Labute approximate surface area is 230 Å². The molecule has 0 saturated carbocycles. The lowest BCUT2D eigenvalue weighted by Crippen LogP contribution is -2.47. The number of anilines is 1. The molecule has 3 amide bonds. The number of ether oxygens (including phenoxy) is 2. The molecule has 2 N–H and O–H groups in total. The molecule has 10 nitrogen and oxygen atoms in total. The van der Waals surface area contributed by atoms with Crippen molar-refractivity contribution in [3.63, 3.8) is 0 Å². The molecule has 1 fully saturated rings. The van der Waals surface area contributed by atoms with Gasteiger partial charge in [0.15, 0.2) is 5.78 Å². The average molecular weight is 541 g/mol. The van der Waals surface area contributed by atoms with Crippen LogP contribution in [0.3, 0.4) is 0 Å². The Balaban J connectivity index is 1.81. The third-order valence-corrected chi connectivity index (χ3v) is 6.99. The zero-order valence-electron chi connectivity index (χ0n) is 23.7. The maximum atomic E-state index is 13.8. The van der Waals surface area contributed by atoms with Crippen LogP contribution in [0, 0.1) is 29.1 Å². The summed E-state index contributed by atoms with van der Waals surface area (Å²) in [5, 5.41) is 15.1. The molecule has 1 aromatic rings. The van der Waals surface area contributed by atoms with Crippen LogP contribution in [0.1, 0.15) is 65.9 Å². The maximum absolute atomic E-state index is 13.8. The molecular formula is C29H40N4O6. The molecule has 2 heterocycles. The van der Waals surface area contributed by atoms with Crippen molar-refractivity contribution in [2.45, 2.75) is 84.4 Å². The first-order valence-corrected chi connectivity index (χ1v) is 13.5. The molecule has 0 radical (unpaired) electrons. The van der Waals surface area contributed by atoms with E-state index in [0.29, 0.717) is 30.8 Å². The van der Waals surface area contributed by atoms with Crippen molar-refractivity contribution >= 4 is 29.4 Å². The van der Waals surface area contributed by atoms with Gasteiger partial charge >= 0.3 is 6.09 Å². The van der Waals surface area contributed by atoms with Crippen LogP contribution in [-0.4, -0.2) is 55.0 Å². The predicted octanol–water partition coefficient (Wildman–Crippen LogP) is 3.52. The highest BCUT2D eigenvalue weighted by atomic mass is 16.6. The highest BCUT2D eigenvalue weighted by Gasteiger charge is 2.43. The second kappa shape index (κ2) is 12.5.